The molecular weight excluding hydrogens is 332 g/mol. The molecule has 2 atom stereocenters. The van der Waals surface area contributed by atoms with Crippen LogP contribution in [0.2, 0.25) is 0 Å². The predicted molar refractivity (Wildman–Crippen MR) is 108 cm³/mol. The molecule has 3 heterocycles. The molecule has 1 aromatic carbocycles. The first kappa shape index (κ1) is 16.9. The molecule has 1 N–H and O–H groups in total. The van der Waals surface area contributed by atoms with Crippen molar-refractivity contribution >= 4 is 34.4 Å². The number of aromatic nitrogens is 1. The molecule has 4 rings (SSSR count). The topological polar surface area (TPSA) is 19.0 Å². The van der Waals surface area contributed by atoms with Crippen LogP contribution in [-0.4, -0.2) is 46.8 Å². The van der Waals surface area contributed by atoms with Gasteiger partial charge in [-0.15, -0.1) is 11.8 Å². The molecule has 2 aromatic rings. The number of nitrogens with zero attached hydrogens (tertiary/aromatic N) is 1. The highest BCUT2D eigenvalue weighted by Gasteiger charge is 2.28. The summed E-state index contributed by atoms with van der Waals surface area (Å²) in [5.41, 5.74) is 2.80. The first-order chi connectivity index (χ1) is 11.8. The average molecular weight is 361 g/mol. The second kappa shape index (κ2) is 7.76. The second-order valence-corrected chi connectivity index (χ2v) is 9.33. The van der Waals surface area contributed by atoms with Gasteiger partial charge in [-0.25, -0.2) is 0 Å². The van der Waals surface area contributed by atoms with Gasteiger partial charge >= 0.3 is 0 Å². The lowest BCUT2D eigenvalue weighted by Crippen LogP contribution is -2.36. The van der Waals surface area contributed by atoms with E-state index in [4.69, 9.17) is 0 Å². The summed E-state index contributed by atoms with van der Waals surface area (Å²) >= 11 is 4.00. The molecule has 0 radical (unpaired) electrons. The third-order valence-corrected chi connectivity index (χ3v) is 7.69. The van der Waals surface area contributed by atoms with E-state index in [1.54, 1.807) is 0 Å². The Morgan fingerprint density at radius 2 is 2.25 bits per heavy atom. The maximum atomic E-state index is 3.48. The van der Waals surface area contributed by atoms with E-state index in [1.807, 2.05) is 11.8 Å². The summed E-state index contributed by atoms with van der Waals surface area (Å²) in [5, 5.41) is 1.43. The van der Waals surface area contributed by atoms with E-state index in [9.17, 15) is 0 Å². The van der Waals surface area contributed by atoms with Gasteiger partial charge in [0.25, 0.3) is 0 Å². The summed E-state index contributed by atoms with van der Waals surface area (Å²) in [6, 6.07) is 7.56. The highest BCUT2D eigenvalue weighted by atomic mass is 32.2. The van der Waals surface area contributed by atoms with Gasteiger partial charge in [-0.05, 0) is 86.1 Å². The summed E-state index contributed by atoms with van der Waals surface area (Å²) in [6.07, 6.45) is 11.2. The van der Waals surface area contributed by atoms with Crippen LogP contribution in [0.1, 0.15) is 31.2 Å². The standard InChI is InChI=1S/C20H28N2S2/c1-23-18-6-7-20-19(11-18)16(12-21-20)10-17-5-2-8-22(17)13-15-4-3-9-24-14-15/h6-7,11-12,15,17,21H,2-5,8-10,13-14H2,1H3/t15-,17+/m0/s1. The average Bonchev–Trinajstić information content (AvgIpc) is 3.23. The third kappa shape index (κ3) is 3.66. The van der Waals surface area contributed by atoms with Crippen molar-refractivity contribution in [3.63, 3.8) is 0 Å². The van der Waals surface area contributed by atoms with E-state index in [-0.39, 0.29) is 0 Å². The molecule has 2 fully saturated rings. The first-order valence-corrected chi connectivity index (χ1v) is 11.7. The summed E-state index contributed by atoms with van der Waals surface area (Å²) in [5.74, 6) is 3.69. The van der Waals surface area contributed by atoms with E-state index in [1.165, 1.54) is 78.1 Å². The Bertz CT molecular complexity index is 675. The van der Waals surface area contributed by atoms with Gasteiger partial charge in [-0.2, -0.15) is 11.8 Å². The fraction of sp³-hybridized carbons (Fsp3) is 0.600. The molecule has 1 aromatic heterocycles. The Morgan fingerprint density at radius 3 is 3.08 bits per heavy atom. The molecule has 0 amide bonds. The number of fused-ring (bicyclic) bond motifs is 1. The van der Waals surface area contributed by atoms with Crippen LogP contribution in [0.5, 0.6) is 0 Å². The summed E-state index contributed by atoms with van der Waals surface area (Å²) in [6.45, 7) is 2.64. The minimum atomic E-state index is 0.744. The van der Waals surface area contributed by atoms with E-state index < -0.39 is 0 Å². The summed E-state index contributed by atoms with van der Waals surface area (Å²) in [7, 11) is 0. The minimum absolute atomic E-state index is 0.744. The van der Waals surface area contributed by atoms with Crippen LogP contribution in [0.15, 0.2) is 29.3 Å². The maximum absolute atomic E-state index is 3.48. The first-order valence-electron chi connectivity index (χ1n) is 9.29. The van der Waals surface area contributed by atoms with Gasteiger partial charge in [-0.3, -0.25) is 4.90 Å². The Labute approximate surface area is 154 Å². The molecule has 0 unspecified atom stereocenters. The van der Waals surface area contributed by atoms with Crippen LogP contribution >= 0.6 is 23.5 Å². The molecule has 2 nitrogen and oxygen atoms in total. The zero-order chi connectivity index (χ0) is 16.4. The largest absolute Gasteiger partial charge is 0.361 e. The number of H-pyrrole nitrogens is 1. The maximum Gasteiger partial charge on any atom is 0.0457 e. The fourth-order valence-corrected chi connectivity index (χ4v) is 5.94. The van der Waals surface area contributed by atoms with E-state index in [2.05, 4.69) is 52.3 Å². The van der Waals surface area contributed by atoms with Crippen LogP contribution < -0.4 is 0 Å². The lowest BCUT2D eigenvalue weighted by molar-refractivity contribution is 0.215. The normalized spacial score (nSPS) is 25.5. The quantitative estimate of drug-likeness (QED) is 0.754. The zero-order valence-corrected chi connectivity index (χ0v) is 16.2. The highest BCUT2D eigenvalue weighted by molar-refractivity contribution is 7.99. The number of nitrogens with one attached hydrogen (secondary N) is 1. The predicted octanol–water partition coefficient (Wildman–Crippen LogP) is 5.04. The lowest BCUT2D eigenvalue weighted by Gasteiger charge is -2.30. The van der Waals surface area contributed by atoms with Crippen molar-refractivity contribution in [2.24, 2.45) is 5.92 Å². The van der Waals surface area contributed by atoms with Gasteiger partial charge in [0.15, 0.2) is 0 Å². The van der Waals surface area contributed by atoms with Gasteiger partial charge in [0.05, 0.1) is 0 Å². The van der Waals surface area contributed by atoms with Crippen LogP contribution in [0.3, 0.4) is 0 Å². The summed E-state index contributed by atoms with van der Waals surface area (Å²) in [4.78, 5) is 7.64. The molecule has 0 saturated carbocycles. The minimum Gasteiger partial charge on any atom is -0.361 e. The molecule has 130 valence electrons. The molecule has 4 heteroatoms. The summed E-state index contributed by atoms with van der Waals surface area (Å²) < 4.78 is 0. The Morgan fingerprint density at radius 1 is 1.29 bits per heavy atom. The van der Waals surface area contributed by atoms with Crippen molar-refractivity contribution in [1.29, 1.82) is 0 Å². The molecule has 2 aliphatic rings. The van der Waals surface area contributed by atoms with Crippen LogP contribution in [-0.2, 0) is 6.42 Å². The smallest absolute Gasteiger partial charge is 0.0457 e. The number of hydrogen-bond acceptors (Lipinski definition) is 3. The fourth-order valence-electron chi connectivity index (χ4n) is 4.36. The molecule has 0 bridgehead atoms. The Balaban J connectivity index is 1.47. The SMILES string of the molecule is CSc1ccc2[nH]cc(C[C@H]3CCCN3C[C@@H]3CCCSC3)c2c1. The zero-order valence-electron chi connectivity index (χ0n) is 14.6. The Kier molecular flexibility index (Phi) is 5.45. The van der Waals surface area contributed by atoms with E-state index >= 15 is 0 Å². The van der Waals surface area contributed by atoms with Gasteiger partial charge in [0.2, 0.25) is 0 Å². The molecule has 24 heavy (non-hydrogen) atoms. The monoisotopic (exact) mass is 360 g/mol. The molecule has 0 aliphatic carbocycles. The van der Waals surface area contributed by atoms with Gasteiger partial charge in [0.1, 0.15) is 0 Å². The van der Waals surface area contributed by atoms with E-state index in [0.29, 0.717) is 0 Å². The number of benzene rings is 1. The van der Waals surface area contributed by atoms with Crippen LogP contribution in [0, 0.1) is 5.92 Å². The highest BCUT2D eigenvalue weighted by Crippen LogP contribution is 2.30. The van der Waals surface area contributed by atoms with Crippen molar-refractivity contribution in [1.82, 2.24) is 9.88 Å². The number of rotatable bonds is 5. The second-order valence-electron chi connectivity index (χ2n) is 7.30. The third-order valence-electron chi connectivity index (χ3n) is 5.68. The van der Waals surface area contributed by atoms with Crippen molar-refractivity contribution in [2.75, 3.05) is 30.9 Å². The van der Waals surface area contributed by atoms with Crippen molar-refractivity contribution in [2.45, 2.75) is 43.0 Å². The van der Waals surface area contributed by atoms with Crippen LogP contribution in [0.4, 0.5) is 0 Å². The van der Waals surface area contributed by atoms with Gasteiger partial charge < -0.3 is 4.98 Å². The molecular formula is C20H28N2S2. The number of likely N-dealkylation sites (tertiary alicyclic amines) is 1. The number of hydrogen-bond donors (Lipinski definition) is 1. The molecule has 2 saturated heterocycles. The van der Waals surface area contributed by atoms with Crippen molar-refractivity contribution < 1.29 is 0 Å². The molecule has 0 spiro atoms. The number of aromatic amines is 1. The molecule has 2 aliphatic heterocycles. The van der Waals surface area contributed by atoms with Crippen molar-refractivity contribution in [3.05, 3.63) is 30.0 Å². The van der Waals surface area contributed by atoms with Gasteiger partial charge in [0, 0.05) is 34.6 Å². The van der Waals surface area contributed by atoms with E-state index in [0.717, 1.165) is 12.0 Å². The van der Waals surface area contributed by atoms with Crippen molar-refractivity contribution in [3.8, 4) is 0 Å². The Hall–Kier alpha value is -0.580. The van der Waals surface area contributed by atoms with Crippen LogP contribution in [0.25, 0.3) is 10.9 Å². The number of thioether (sulfide) groups is 2. The lowest BCUT2D eigenvalue weighted by atomic mass is 10.0. The van der Waals surface area contributed by atoms with Gasteiger partial charge in [-0.1, -0.05) is 0 Å².